The minimum absolute atomic E-state index is 0.0240. The highest BCUT2D eigenvalue weighted by Crippen LogP contribution is 2.38. The molecule has 0 radical (unpaired) electrons. The van der Waals surface area contributed by atoms with Crippen LogP contribution in [0.25, 0.3) is 0 Å². The molecule has 6 heteroatoms. The van der Waals surface area contributed by atoms with Gasteiger partial charge in [-0.25, -0.2) is 0 Å². The molecule has 0 bridgehead atoms. The smallest absolute Gasteiger partial charge is 0.172 e. The first-order valence-electron chi connectivity index (χ1n) is 6.10. The van der Waals surface area contributed by atoms with Crippen LogP contribution in [-0.4, -0.2) is 25.4 Å². The maximum absolute atomic E-state index is 5.90. The Bertz CT molecular complexity index is 526. The van der Waals surface area contributed by atoms with Crippen molar-refractivity contribution in [1.82, 2.24) is 0 Å². The van der Waals surface area contributed by atoms with Gasteiger partial charge in [-0.2, -0.15) is 0 Å². The van der Waals surface area contributed by atoms with E-state index in [2.05, 4.69) is 0 Å². The number of rotatable bonds is 2. The zero-order valence-electron chi connectivity index (χ0n) is 10.0. The van der Waals surface area contributed by atoms with Gasteiger partial charge in [0.05, 0.1) is 0 Å². The Kier molecular flexibility index (Phi) is 2.77. The molecule has 2 aromatic heterocycles. The van der Waals surface area contributed by atoms with E-state index >= 15 is 0 Å². The Hall–Kier alpha value is -1.40. The van der Waals surface area contributed by atoms with E-state index in [-0.39, 0.29) is 12.2 Å². The molecule has 2 aliphatic rings. The van der Waals surface area contributed by atoms with E-state index in [1.54, 1.807) is 22.7 Å². The van der Waals surface area contributed by atoms with Crippen LogP contribution in [0.1, 0.15) is 6.42 Å². The molecule has 2 unspecified atom stereocenters. The number of hydrogen-bond donors (Lipinski definition) is 0. The van der Waals surface area contributed by atoms with Crippen LogP contribution in [0.2, 0.25) is 0 Å². The summed E-state index contributed by atoms with van der Waals surface area (Å²) < 4.78 is 23.1. The van der Waals surface area contributed by atoms with Crippen LogP contribution in [-0.2, 0) is 0 Å². The summed E-state index contributed by atoms with van der Waals surface area (Å²) in [6, 6.07) is 0. The second-order valence-corrected chi connectivity index (χ2v) is 6.03. The molecular weight excluding hydrogens is 284 g/mol. The fourth-order valence-electron chi connectivity index (χ4n) is 2.25. The first-order chi connectivity index (χ1) is 9.38. The molecule has 2 aromatic rings. The summed E-state index contributed by atoms with van der Waals surface area (Å²) in [6.07, 6.45) is 0.816. The van der Waals surface area contributed by atoms with E-state index in [1.807, 2.05) is 21.5 Å². The highest BCUT2D eigenvalue weighted by molar-refractivity contribution is 7.08. The SMILES string of the molecule is c1scc2c1OCC(CC1COc3cscc3O1)O2. The lowest BCUT2D eigenvalue weighted by Gasteiger charge is -2.30. The van der Waals surface area contributed by atoms with Crippen molar-refractivity contribution in [2.75, 3.05) is 13.2 Å². The average molecular weight is 296 g/mol. The van der Waals surface area contributed by atoms with Crippen LogP contribution in [0.4, 0.5) is 0 Å². The molecule has 2 atom stereocenters. The third-order valence-corrected chi connectivity index (χ3v) is 4.55. The van der Waals surface area contributed by atoms with Gasteiger partial charge in [0.15, 0.2) is 23.0 Å². The average Bonchev–Trinajstić information content (AvgIpc) is 3.05. The van der Waals surface area contributed by atoms with E-state index in [1.165, 1.54) is 0 Å². The molecule has 2 aliphatic heterocycles. The van der Waals surface area contributed by atoms with Crippen LogP contribution < -0.4 is 18.9 Å². The van der Waals surface area contributed by atoms with Gasteiger partial charge in [-0.3, -0.25) is 0 Å². The van der Waals surface area contributed by atoms with Gasteiger partial charge in [0.2, 0.25) is 0 Å². The standard InChI is InChI=1S/C13H12O4S2/c1(8-2-14-10-4-18-6-12(10)16-8)9-3-15-11-5-19-7-13(11)17-9/h4-9H,1-3H2. The van der Waals surface area contributed by atoms with E-state index < -0.39 is 0 Å². The predicted octanol–water partition coefficient (Wildman–Crippen LogP) is 3.18. The third kappa shape index (κ3) is 2.15. The molecule has 0 spiro atoms. The van der Waals surface area contributed by atoms with E-state index in [9.17, 15) is 0 Å². The minimum Gasteiger partial charge on any atom is -0.485 e. The number of hydrogen-bond acceptors (Lipinski definition) is 6. The van der Waals surface area contributed by atoms with Gasteiger partial charge >= 0.3 is 0 Å². The van der Waals surface area contributed by atoms with Gasteiger partial charge < -0.3 is 18.9 Å². The lowest BCUT2D eigenvalue weighted by Crippen LogP contribution is -2.38. The van der Waals surface area contributed by atoms with Crippen molar-refractivity contribution >= 4 is 22.7 Å². The molecule has 0 saturated heterocycles. The normalized spacial score (nSPS) is 24.2. The maximum atomic E-state index is 5.90. The third-order valence-electron chi connectivity index (χ3n) is 3.15. The Labute approximate surface area is 118 Å². The lowest BCUT2D eigenvalue weighted by molar-refractivity contribution is 0.0223. The van der Waals surface area contributed by atoms with Gasteiger partial charge in [-0.15, -0.1) is 22.7 Å². The Morgan fingerprint density at radius 1 is 0.789 bits per heavy atom. The van der Waals surface area contributed by atoms with Crippen LogP contribution in [0.3, 0.4) is 0 Å². The zero-order valence-corrected chi connectivity index (χ0v) is 11.7. The molecule has 19 heavy (non-hydrogen) atoms. The summed E-state index contributed by atoms with van der Waals surface area (Å²) in [5.74, 6) is 3.38. The van der Waals surface area contributed by atoms with E-state index in [0.29, 0.717) is 13.2 Å². The Morgan fingerprint density at radius 2 is 1.26 bits per heavy atom. The van der Waals surface area contributed by atoms with Crippen LogP contribution in [0.15, 0.2) is 21.5 Å². The minimum atomic E-state index is 0.0240. The lowest BCUT2D eigenvalue weighted by atomic mass is 10.1. The molecule has 4 heterocycles. The monoisotopic (exact) mass is 296 g/mol. The molecule has 0 amide bonds. The Balaban J connectivity index is 1.41. The summed E-state index contributed by atoms with van der Waals surface area (Å²) in [7, 11) is 0. The van der Waals surface area contributed by atoms with Crippen LogP contribution in [0, 0.1) is 0 Å². The summed E-state index contributed by atoms with van der Waals surface area (Å²) in [5.41, 5.74) is 0. The topological polar surface area (TPSA) is 36.9 Å². The Morgan fingerprint density at radius 3 is 1.79 bits per heavy atom. The summed E-state index contributed by atoms with van der Waals surface area (Å²) >= 11 is 3.18. The highest BCUT2D eigenvalue weighted by Gasteiger charge is 2.29. The quantitative estimate of drug-likeness (QED) is 0.853. The highest BCUT2D eigenvalue weighted by atomic mass is 32.1. The van der Waals surface area contributed by atoms with Gasteiger partial charge in [-0.05, 0) is 0 Å². The molecular formula is C13H12O4S2. The first-order valence-corrected chi connectivity index (χ1v) is 7.98. The largest absolute Gasteiger partial charge is 0.485 e. The number of thiophene rings is 2. The van der Waals surface area contributed by atoms with Crippen molar-refractivity contribution in [3.05, 3.63) is 21.5 Å². The molecule has 0 saturated carbocycles. The first kappa shape index (κ1) is 11.4. The van der Waals surface area contributed by atoms with Crippen molar-refractivity contribution < 1.29 is 18.9 Å². The molecule has 4 nitrogen and oxygen atoms in total. The number of fused-ring (bicyclic) bond motifs is 2. The summed E-state index contributed by atoms with van der Waals surface area (Å²) in [4.78, 5) is 0. The van der Waals surface area contributed by atoms with Crippen molar-refractivity contribution in [2.45, 2.75) is 18.6 Å². The molecule has 100 valence electrons. The van der Waals surface area contributed by atoms with Crippen molar-refractivity contribution in [3.63, 3.8) is 0 Å². The van der Waals surface area contributed by atoms with E-state index in [4.69, 9.17) is 18.9 Å². The van der Waals surface area contributed by atoms with Crippen LogP contribution >= 0.6 is 22.7 Å². The van der Waals surface area contributed by atoms with Gasteiger partial charge in [0.25, 0.3) is 0 Å². The summed E-state index contributed by atoms with van der Waals surface area (Å²) in [6.45, 7) is 1.14. The van der Waals surface area contributed by atoms with Crippen molar-refractivity contribution in [2.24, 2.45) is 0 Å². The molecule has 0 N–H and O–H groups in total. The van der Waals surface area contributed by atoms with Crippen molar-refractivity contribution in [3.8, 4) is 23.0 Å². The number of ether oxygens (including phenoxy) is 4. The van der Waals surface area contributed by atoms with Crippen LogP contribution in [0.5, 0.6) is 23.0 Å². The zero-order chi connectivity index (χ0) is 12.7. The predicted molar refractivity (Wildman–Crippen MR) is 73.1 cm³/mol. The van der Waals surface area contributed by atoms with Gasteiger partial charge in [0.1, 0.15) is 25.4 Å². The van der Waals surface area contributed by atoms with E-state index in [0.717, 1.165) is 29.4 Å². The van der Waals surface area contributed by atoms with Crippen molar-refractivity contribution in [1.29, 1.82) is 0 Å². The fraction of sp³-hybridized carbons (Fsp3) is 0.385. The molecule has 0 aromatic carbocycles. The van der Waals surface area contributed by atoms with Gasteiger partial charge in [0, 0.05) is 27.9 Å². The second-order valence-electron chi connectivity index (χ2n) is 4.54. The van der Waals surface area contributed by atoms with Gasteiger partial charge in [-0.1, -0.05) is 0 Å². The summed E-state index contributed by atoms with van der Waals surface area (Å²) in [5, 5.41) is 7.86. The maximum Gasteiger partial charge on any atom is 0.172 e. The second kappa shape index (κ2) is 4.61. The molecule has 4 rings (SSSR count). The fourth-order valence-corrected chi connectivity index (χ4v) is 3.59. The molecule has 0 fully saturated rings. The molecule has 0 aliphatic carbocycles.